The molecule has 0 saturated heterocycles. The second-order valence-corrected chi connectivity index (χ2v) is 7.47. The van der Waals surface area contributed by atoms with E-state index in [9.17, 15) is 9.90 Å². The molecule has 31 heavy (non-hydrogen) atoms. The van der Waals surface area contributed by atoms with Gasteiger partial charge in [0.2, 0.25) is 5.91 Å². The summed E-state index contributed by atoms with van der Waals surface area (Å²) in [5.74, 6) is 1.32. The van der Waals surface area contributed by atoms with Crippen LogP contribution in [0.15, 0.2) is 66.7 Å². The molecule has 0 radical (unpaired) electrons. The molecule has 0 heterocycles. The van der Waals surface area contributed by atoms with Crippen molar-refractivity contribution in [2.75, 3.05) is 20.8 Å². The molecule has 0 fully saturated rings. The Hall–Kier alpha value is -3.47. The zero-order chi connectivity index (χ0) is 22.2. The van der Waals surface area contributed by atoms with Crippen LogP contribution in [0.3, 0.4) is 0 Å². The Morgan fingerprint density at radius 1 is 0.968 bits per heavy atom. The molecule has 3 aromatic rings. The van der Waals surface area contributed by atoms with Gasteiger partial charge in [-0.3, -0.25) is 4.79 Å². The Balaban J connectivity index is 1.68. The van der Waals surface area contributed by atoms with E-state index in [1.165, 1.54) is 0 Å². The first-order chi connectivity index (χ1) is 15.0. The summed E-state index contributed by atoms with van der Waals surface area (Å²) in [5.41, 5.74) is 3.61. The minimum Gasteiger partial charge on any atom is -0.507 e. The van der Waals surface area contributed by atoms with Crippen molar-refractivity contribution < 1.29 is 19.4 Å². The summed E-state index contributed by atoms with van der Waals surface area (Å²) in [6.45, 7) is 2.37. The average molecular weight is 420 g/mol. The number of ether oxygens (including phenoxy) is 2. The van der Waals surface area contributed by atoms with Crippen molar-refractivity contribution in [2.45, 2.75) is 25.7 Å². The lowest BCUT2D eigenvalue weighted by molar-refractivity contribution is -0.121. The van der Waals surface area contributed by atoms with Crippen molar-refractivity contribution in [3.05, 3.63) is 89.0 Å². The van der Waals surface area contributed by atoms with Gasteiger partial charge in [-0.1, -0.05) is 54.6 Å². The Morgan fingerprint density at radius 2 is 1.71 bits per heavy atom. The number of benzene rings is 3. The molecule has 0 unspecified atom stereocenters. The quantitative estimate of drug-likeness (QED) is 0.532. The molecule has 3 aromatic carbocycles. The third kappa shape index (κ3) is 5.57. The van der Waals surface area contributed by atoms with Crippen LogP contribution in [-0.2, 0) is 11.2 Å². The number of phenolic OH excluding ortho intramolecular Hbond substituents is 1. The number of phenols is 1. The highest BCUT2D eigenvalue weighted by Crippen LogP contribution is 2.35. The molecule has 3 rings (SSSR count). The van der Waals surface area contributed by atoms with E-state index in [2.05, 4.69) is 5.32 Å². The van der Waals surface area contributed by atoms with Crippen LogP contribution in [0.2, 0.25) is 0 Å². The van der Waals surface area contributed by atoms with Gasteiger partial charge >= 0.3 is 0 Å². The fraction of sp³-hybridized carbons (Fsp3) is 0.269. The highest BCUT2D eigenvalue weighted by molar-refractivity contribution is 5.77. The Morgan fingerprint density at radius 3 is 2.42 bits per heavy atom. The van der Waals surface area contributed by atoms with Crippen LogP contribution < -0.4 is 14.8 Å². The molecule has 5 heteroatoms. The maximum absolute atomic E-state index is 12.8. The lowest BCUT2D eigenvalue weighted by atomic mass is 9.87. The lowest BCUT2D eigenvalue weighted by Gasteiger charge is -2.20. The maximum atomic E-state index is 12.8. The SMILES string of the molecule is COc1ccc(CCNC(=O)C[C@H](c2ccccc2)c2cccc(C)c2O)cc1OC. The van der Waals surface area contributed by atoms with E-state index < -0.39 is 0 Å². The molecule has 1 amide bonds. The van der Waals surface area contributed by atoms with Gasteiger partial charge in [-0.25, -0.2) is 0 Å². The molecule has 0 spiro atoms. The third-order valence-electron chi connectivity index (χ3n) is 5.42. The van der Waals surface area contributed by atoms with Crippen LogP contribution in [-0.4, -0.2) is 31.8 Å². The first-order valence-electron chi connectivity index (χ1n) is 10.3. The number of carbonyl (C=O) groups is 1. The fourth-order valence-corrected chi connectivity index (χ4v) is 3.70. The molecule has 0 bridgehead atoms. The van der Waals surface area contributed by atoms with E-state index in [0.29, 0.717) is 24.5 Å². The number of aromatic hydroxyl groups is 1. The summed E-state index contributed by atoms with van der Waals surface area (Å²) in [6, 6.07) is 21.2. The van der Waals surface area contributed by atoms with Gasteiger partial charge in [0.25, 0.3) is 0 Å². The first kappa shape index (κ1) is 22.2. The van der Waals surface area contributed by atoms with Crippen molar-refractivity contribution in [1.29, 1.82) is 0 Å². The number of aryl methyl sites for hydroxylation is 1. The van der Waals surface area contributed by atoms with Crippen molar-refractivity contribution in [2.24, 2.45) is 0 Å². The minimum absolute atomic E-state index is 0.0600. The predicted octanol–water partition coefficient (Wildman–Crippen LogP) is 4.60. The molecule has 1 atom stereocenters. The van der Waals surface area contributed by atoms with E-state index in [4.69, 9.17) is 9.47 Å². The lowest BCUT2D eigenvalue weighted by Crippen LogP contribution is -2.27. The molecule has 5 nitrogen and oxygen atoms in total. The van der Waals surface area contributed by atoms with Crippen LogP contribution in [0.5, 0.6) is 17.2 Å². The Kier molecular flexibility index (Phi) is 7.55. The number of carbonyl (C=O) groups excluding carboxylic acids is 1. The van der Waals surface area contributed by atoms with E-state index in [0.717, 1.165) is 22.3 Å². The van der Waals surface area contributed by atoms with Gasteiger partial charge in [0.05, 0.1) is 14.2 Å². The zero-order valence-electron chi connectivity index (χ0n) is 18.2. The average Bonchev–Trinajstić information content (AvgIpc) is 2.80. The van der Waals surface area contributed by atoms with Crippen LogP contribution in [0, 0.1) is 6.92 Å². The van der Waals surface area contributed by atoms with Gasteiger partial charge in [0.1, 0.15) is 5.75 Å². The number of amides is 1. The van der Waals surface area contributed by atoms with E-state index in [-0.39, 0.29) is 24.0 Å². The summed E-state index contributed by atoms with van der Waals surface area (Å²) in [4.78, 5) is 12.8. The molecule has 0 aliphatic heterocycles. The molecular weight excluding hydrogens is 390 g/mol. The van der Waals surface area contributed by atoms with E-state index >= 15 is 0 Å². The standard InChI is InChI=1S/C26H29NO4/c1-18-8-7-11-21(26(18)29)22(20-9-5-4-6-10-20)17-25(28)27-15-14-19-12-13-23(30-2)24(16-19)31-3/h4-13,16,22,29H,14-15,17H2,1-3H3,(H,27,28)/t22-/m1/s1. The van der Waals surface area contributed by atoms with Crippen molar-refractivity contribution >= 4 is 5.91 Å². The molecule has 0 aliphatic carbocycles. The highest BCUT2D eigenvalue weighted by Gasteiger charge is 2.21. The maximum Gasteiger partial charge on any atom is 0.220 e. The zero-order valence-corrected chi connectivity index (χ0v) is 18.2. The second-order valence-electron chi connectivity index (χ2n) is 7.47. The molecule has 0 aliphatic rings. The van der Waals surface area contributed by atoms with Crippen LogP contribution >= 0.6 is 0 Å². The summed E-state index contributed by atoms with van der Waals surface area (Å²) < 4.78 is 10.6. The van der Waals surface area contributed by atoms with E-state index in [1.807, 2.05) is 73.7 Å². The van der Waals surface area contributed by atoms with Crippen molar-refractivity contribution in [1.82, 2.24) is 5.32 Å². The Bertz CT molecular complexity index is 1020. The summed E-state index contributed by atoms with van der Waals surface area (Å²) in [7, 11) is 3.21. The molecular formula is C26H29NO4. The largest absolute Gasteiger partial charge is 0.507 e. The topological polar surface area (TPSA) is 67.8 Å². The van der Waals surface area contributed by atoms with Gasteiger partial charge in [0.15, 0.2) is 11.5 Å². The molecule has 2 N–H and O–H groups in total. The van der Waals surface area contributed by atoms with Gasteiger partial charge in [0, 0.05) is 24.4 Å². The second kappa shape index (κ2) is 10.5. The van der Waals surface area contributed by atoms with Crippen LogP contribution in [0.1, 0.15) is 34.6 Å². The normalized spacial score (nSPS) is 11.6. The van der Waals surface area contributed by atoms with Crippen molar-refractivity contribution in [3.8, 4) is 17.2 Å². The highest BCUT2D eigenvalue weighted by atomic mass is 16.5. The molecule has 162 valence electrons. The first-order valence-corrected chi connectivity index (χ1v) is 10.3. The van der Waals surface area contributed by atoms with Crippen LogP contribution in [0.25, 0.3) is 0 Å². The Labute approximate surface area is 183 Å². The smallest absolute Gasteiger partial charge is 0.220 e. The summed E-state index contributed by atoms with van der Waals surface area (Å²) in [5, 5.41) is 13.6. The van der Waals surface area contributed by atoms with Gasteiger partial charge < -0.3 is 19.9 Å². The monoisotopic (exact) mass is 419 g/mol. The van der Waals surface area contributed by atoms with Gasteiger partial charge in [-0.2, -0.15) is 0 Å². The number of para-hydroxylation sites is 1. The van der Waals surface area contributed by atoms with Gasteiger partial charge in [-0.15, -0.1) is 0 Å². The fourth-order valence-electron chi connectivity index (χ4n) is 3.70. The summed E-state index contributed by atoms with van der Waals surface area (Å²) >= 11 is 0. The molecule has 0 aromatic heterocycles. The third-order valence-corrected chi connectivity index (χ3v) is 5.42. The number of hydrogen-bond donors (Lipinski definition) is 2. The number of hydrogen-bond acceptors (Lipinski definition) is 4. The number of rotatable bonds is 9. The number of nitrogens with one attached hydrogen (secondary N) is 1. The van der Waals surface area contributed by atoms with Crippen LogP contribution in [0.4, 0.5) is 0 Å². The predicted molar refractivity (Wildman–Crippen MR) is 122 cm³/mol. The van der Waals surface area contributed by atoms with Crippen molar-refractivity contribution in [3.63, 3.8) is 0 Å². The summed E-state index contributed by atoms with van der Waals surface area (Å²) in [6.07, 6.45) is 0.935. The van der Waals surface area contributed by atoms with E-state index in [1.54, 1.807) is 14.2 Å². The molecule has 0 saturated carbocycles. The van der Waals surface area contributed by atoms with Gasteiger partial charge in [-0.05, 0) is 42.2 Å². The number of methoxy groups -OCH3 is 2. The minimum atomic E-state index is -0.220.